The zero-order valence-electron chi connectivity index (χ0n) is 8.82. The Morgan fingerprint density at radius 2 is 1.24 bits per heavy atom. The van der Waals surface area contributed by atoms with Gasteiger partial charge in [0, 0.05) is 0 Å². The standard InChI is InChI=1S/C12H8N4Se/c1-3-7-13-9(5-1)11-15-16-12(17-11)10-6-2-4-8-14-10/h1-8H. The fourth-order valence-electron chi connectivity index (χ4n) is 1.41. The molecule has 0 unspecified atom stereocenters. The second-order valence-electron chi connectivity index (χ2n) is 3.34. The molecule has 0 aliphatic heterocycles. The molecule has 3 rings (SSSR count). The summed E-state index contributed by atoms with van der Waals surface area (Å²) in [5, 5.41) is 8.39. The van der Waals surface area contributed by atoms with Crippen molar-refractivity contribution >= 4 is 14.5 Å². The number of nitrogens with zero attached hydrogens (tertiary/aromatic N) is 4. The Morgan fingerprint density at radius 1 is 0.706 bits per heavy atom. The third kappa shape index (κ3) is 2.16. The van der Waals surface area contributed by atoms with E-state index in [9.17, 15) is 0 Å². The van der Waals surface area contributed by atoms with Crippen LogP contribution in [0.3, 0.4) is 0 Å². The van der Waals surface area contributed by atoms with E-state index in [0.29, 0.717) is 0 Å². The van der Waals surface area contributed by atoms with Crippen LogP contribution in [0, 0.1) is 0 Å². The molecule has 0 N–H and O–H groups in total. The predicted molar refractivity (Wildman–Crippen MR) is 65.4 cm³/mol. The van der Waals surface area contributed by atoms with E-state index in [2.05, 4.69) is 20.2 Å². The van der Waals surface area contributed by atoms with Gasteiger partial charge in [-0.15, -0.1) is 0 Å². The van der Waals surface area contributed by atoms with Crippen LogP contribution < -0.4 is 0 Å². The molecule has 0 fully saturated rings. The van der Waals surface area contributed by atoms with E-state index in [4.69, 9.17) is 0 Å². The summed E-state index contributed by atoms with van der Waals surface area (Å²) >= 11 is 0.0860. The molecule has 17 heavy (non-hydrogen) atoms. The van der Waals surface area contributed by atoms with Crippen molar-refractivity contribution in [3.05, 3.63) is 48.8 Å². The molecule has 0 bridgehead atoms. The van der Waals surface area contributed by atoms with E-state index in [-0.39, 0.29) is 14.5 Å². The van der Waals surface area contributed by atoms with Gasteiger partial charge >= 0.3 is 104 Å². The van der Waals surface area contributed by atoms with E-state index in [1.54, 1.807) is 12.4 Å². The molecule has 5 heteroatoms. The Hall–Kier alpha value is -1.84. The van der Waals surface area contributed by atoms with Crippen LogP contribution in [-0.2, 0) is 0 Å². The van der Waals surface area contributed by atoms with Crippen LogP contribution in [0.1, 0.15) is 0 Å². The van der Waals surface area contributed by atoms with Gasteiger partial charge in [0.25, 0.3) is 0 Å². The fraction of sp³-hybridized carbons (Fsp3) is 0. The molecule has 3 aromatic rings. The van der Waals surface area contributed by atoms with E-state index in [1.807, 2.05) is 36.4 Å². The van der Waals surface area contributed by atoms with Gasteiger partial charge in [0.05, 0.1) is 0 Å². The zero-order valence-corrected chi connectivity index (χ0v) is 10.5. The third-order valence-electron chi connectivity index (χ3n) is 2.19. The minimum atomic E-state index is 0.0860. The van der Waals surface area contributed by atoms with Gasteiger partial charge in [-0.2, -0.15) is 0 Å². The van der Waals surface area contributed by atoms with Crippen molar-refractivity contribution in [2.45, 2.75) is 0 Å². The van der Waals surface area contributed by atoms with Crippen LogP contribution in [0.25, 0.3) is 20.5 Å². The van der Waals surface area contributed by atoms with Gasteiger partial charge in [0.15, 0.2) is 0 Å². The van der Waals surface area contributed by atoms with E-state index in [1.165, 1.54) is 0 Å². The van der Waals surface area contributed by atoms with Crippen molar-refractivity contribution in [1.82, 2.24) is 20.2 Å². The predicted octanol–water partition coefficient (Wildman–Crippen LogP) is 1.66. The van der Waals surface area contributed by atoms with Crippen LogP contribution in [0.5, 0.6) is 0 Å². The first kappa shape index (κ1) is 10.3. The number of hydrogen-bond acceptors (Lipinski definition) is 4. The summed E-state index contributed by atoms with van der Waals surface area (Å²) < 4.78 is 1.91. The van der Waals surface area contributed by atoms with Gasteiger partial charge in [-0.1, -0.05) is 0 Å². The zero-order chi connectivity index (χ0) is 11.5. The molecule has 0 aliphatic rings. The van der Waals surface area contributed by atoms with Gasteiger partial charge in [-0.3, -0.25) is 0 Å². The molecule has 0 spiro atoms. The molecule has 0 radical (unpaired) electrons. The quantitative estimate of drug-likeness (QED) is 0.673. The average molecular weight is 287 g/mol. The molecule has 0 saturated heterocycles. The van der Waals surface area contributed by atoms with Crippen LogP contribution in [0.4, 0.5) is 0 Å². The SMILES string of the molecule is c1ccc(-c2nnc(-c3ccccn3)[se]2)nc1. The Morgan fingerprint density at radius 3 is 1.65 bits per heavy atom. The summed E-state index contributed by atoms with van der Waals surface area (Å²) in [5.41, 5.74) is 1.81. The molecule has 0 saturated carbocycles. The van der Waals surface area contributed by atoms with Gasteiger partial charge in [-0.25, -0.2) is 0 Å². The molecule has 0 aliphatic carbocycles. The Labute approximate surface area is 104 Å². The molecule has 0 amide bonds. The minimum absolute atomic E-state index is 0.0860. The Bertz CT molecular complexity index is 553. The summed E-state index contributed by atoms with van der Waals surface area (Å²) in [4.78, 5) is 8.56. The van der Waals surface area contributed by atoms with Crippen LogP contribution in [0.15, 0.2) is 48.8 Å². The molecule has 82 valence electrons. The first-order valence-corrected chi connectivity index (χ1v) is 6.81. The van der Waals surface area contributed by atoms with Crippen molar-refractivity contribution in [2.75, 3.05) is 0 Å². The summed E-state index contributed by atoms with van der Waals surface area (Å²) in [6, 6.07) is 11.6. The van der Waals surface area contributed by atoms with Crippen molar-refractivity contribution in [2.24, 2.45) is 0 Å². The maximum absolute atomic E-state index is 4.28. The third-order valence-corrected chi connectivity index (χ3v) is 4.22. The Balaban J connectivity index is 1.99. The molecule has 0 atom stereocenters. The molecule has 3 heterocycles. The Kier molecular flexibility index (Phi) is 2.78. The van der Waals surface area contributed by atoms with E-state index < -0.39 is 0 Å². The normalized spacial score (nSPS) is 10.4. The average Bonchev–Trinajstić information content (AvgIpc) is 2.90. The van der Waals surface area contributed by atoms with E-state index >= 15 is 0 Å². The summed E-state index contributed by atoms with van der Waals surface area (Å²) in [6.07, 6.45) is 3.54. The fourth-order valence-corrected chi connectivity index (χ4v) is 3.08. The monoisotopic (exact) mass is 288 g/mol. The van der Waals surface area contributed by atoms with Gasteiger partial charge < -0.3 is 0 Å². The summed E-state index contributed by atoms with van der Waals surface area (Å²) in [7, 11) is 0. The number of aromatic nitrogens is 4. The number of hydrogen-bond donors (Lipinski definition) is 0. The second-order valence-corrected chi connectivity index (χ2v) is 5.39. The molecular formula is C12H8N4Se. The second kappa shape index (κ2) is 4.57. The van der Waals surface area contributed by atoms with E-state index in [0.717, 1.165) is 20.5 Å². The van der Waals surface area contributed by atoms with Crippen molar-refractivity contribution < 1.29 is 0 Å². The van der Waals surface area contributed by atoms with Crippen LogP contribution >= 0.6 is 0 Å². The molecule has 0 aromatic carbocycles. The van der Waals surface area contributed by atoms with Crippen molar-refractivity contribution in [3.63, 3.8) is 0 Å². The topological polar surface area (TPSA) is 51.6 Å². The number of rotatable bonds is 2. The number of pyridine rings is 2. The first-order chi connectivity index (χ1) is 8.43. The molecular weight excluding hydrogens is 279 g/mol. The van der Waals surface area contributed by atoms with Gasteiger partial charge in [0.1, 0.15) is 0 Å². The first-order valence-electron chi connectivity index (χ1n) is 5.10. The van der Waals surface area contributed by atoms with Gasteiger partial charge in [-0.05, 0) is 0 Å². The van der Waals surface area contributed by atoms with Crippen LogP contribution in [-0.4, -0.2) is 34.7 Å². The van der Waals surface area contributed by atoms with Crippen molar-refractivity contribution in [3.8, 4) is 20.5 Å². The summed E-state index contributed by atoms with van der Waals surface area (Å²) in [5.74, 6) is 0. The van der Waals surface area contributed by atoms with Gasteiger partial charge in [0.2, 0.25) is 0 Å². The molecule has 3 aromatic heterocycles. The van der Waals surface area contributed by atoms with Crippen LogP contribution in [0.2, 0.25) is 0 Å². The molecule has 4 nitrogen and oxygen atoms in total. The van der Waals surface area contributed by atoms with Crippen molar-refractivity contribution in [1.29, 1.82) is 0 Å². The maximum atomic E-state index is 4.28. The summed E-state index contributed by atoms with van der Waals surface area (Å²) in [6.45, 7) is 0.